The summed E-state index contributed by atoms with van der Waals surface area (Å²) in [5, 5.41) is 18.3. The number of aliphatic carboxylic acids is 1. The van der Waals surface area contributed by atoms with Gasteiger partial charge >= 0.3 is 5.97 Å². The van der Waals surface area contributed by atoms with Crippen molar-refractivity contribution >= 4 is 23.4 Å². The number of aliphatic hydroxyl groups is 1. The van der Waals surface area contributed by atoms with Crippen molar-refractivity contribution in [2.24, 2.45) is 11.8 Å². The highest BCUT2D eigenvalue weighted by Crippen LogP contribution is 2.32. The van der Waals surface area contributed by atoms with Gasteiger partial charge in [0.25, 0.3) is 0 Å². The zero-order valence-corrected chi connectivity index (χ0v) is 23.3. The molecule has 0 spiro atoms. The van der Waals surface area contributed by atoms with Crippen molar-refractivity contribution < 1.29 is 19.8 Å². The van der Waals surface area contributed by atoms with Crippen LogP contribution in [-0.2, 0) is 11.2 Å². The lowest BCUT2D eigenvalue weighted by molar-refractivity contribution is -0.136. The number of halogens is 1. The number of carboxylic acids is 1. The first kappa shape index (κ1) is 30.8. The van der Waals surface area contributed by atoms with Gasteiger partial charge in [0.15, 0.2) is 5.78 Å². The van der Waals surface area contributed by atoms with E-state index in [0.29, 0.717) is 27.5 Å². The van der Waals surface area contributed by atoms with E-state index in [9.17, 15) is 9.59 Å². The maximum atomic E-state index is 11.8. The Morgan fingerprint density at radius 2 is 1.43 bits per heavy atom. The number of carbonyl (C=O) groups is 2. The number of pyridine rings is 1. The van der Waals surface area contributed by atoms with E-state index in [2.05, 4.69) is 18.8 Å². The fourth-order valence-electron chi connectivity index (χ4n) is 3.99. The highest BCUT2D eigenvalue weighted by molar-refractivity contribution is 6.30. The zero-order valence-electron chi connectivity index (χ0n) is 22.5. The van der Waals surface area contributed by atoms with Crippen LogP contribution in [0, 0.1) is 25.7 Å². The van der Waals surface area contributed by atoms with Crippen LogP contribution in [0.5, 0.6) is 0 Å². The summed E-state index contributed by atoms with van der Waals surface area (Å²) in [5.74, 6) is 0.963. The molecule has 0 atom stereocenters. The number of hydrogen-bond donors (Lipinski definition) is 2. The van der Waals surface area contributed by atoms with Gasteiger partial charge in [0.2, 0.25) is 0 Å². The van der Waals surface area contributed by atoms with Gasteiger partial charge in [-0.3, -0.25) is 9.59 Å². The molecule has 2 aromatic rings. The van der Waals surface area contributed by atoms with Gasteiger partial charge in [-0.05, 0) is 80.8 Å². The Labute approximate surface area is 215 Å². The summed E-state index contributed by atoms with van der Waals surface area (Å²) >= 11 is 5.92. The third-order valence-electron chi connectivity index (χ3n) is 5.85. The van der Waals surface area contributed by atoms with E-state index in [1.54, 1.807) is 46.8 Å². The van der Waals surface area contributed by atoms with Gasteiger partial charge in [0.05, 0.1) is 12.0 Å². The largest absolute Gasteiger partial charge is 0.481 e. The highest BCUT2D eigenvalue weighted by Gasteiger charge is 2.20. The first-order valence-corrected chi connectivity index (χ1v) is 12.7. The molecule has 1 aliphatic rings. The molecule has 5 nitrogen and oxygen atoms in total. The number of aryl methyl sites for hydroxylation is 1. The van der Waals surface area contributed by atoms with Crippen molar-refractivity contribution in [3.63, 3.8) is 0 Å². The van der Waals surface area contributed by atoms with Crippen LogP contribution < -0.4 is 0 Å². The lowest BCUT2D eigenvalue weighted by Crippen LogP contribution is -2.11. The van der Waals surface area contributed by atoms with Crippen LogP contribution in [-0.4, -0.2) is 32.6 Å². The Morgan fingerprint density at radius 3 is 1.80 bits per heavy atom. The number of aromatic nitrogens is 1. The topological polar surface area (TPSA) is 87.5 Å². The molecule has 0 saturated heterocycles. The predicted molar refractivity (Wildman–Crippen MR) is 144 cm³/mol. The molecule has 1 aromatic heterocycles. The molecule has 1 saturated carbocycles. The van der Waals surface area contributed by atoms with Gasteiger partial charge in [-0.25, -0.2) is 4.98 Å². The van der Waals surface area contributed by atoms with E-state index in [1.165, 1.54) is 32.6 Å². The first-order valence-electron chi connectivity index (χ1n) is 12.3. The van der Waals surface area contributed by atoms with Gasteiger partial charge < -0.3 is 10.2 Å². The van der Waals surface area contributed by atoms with Crippen LogP contribution in [0.1, 0.15) is 94.5 Å². The standard InChI is InChI=1S/C17H16ClNO3.C8H16.C4H10O/c1-9-16(12-4-6-13(18)7-5-12)14(8-15(21)22)10(2)19-17(9)11(3)20;1-7-3-5-8(2)6-4-7;1-4(2,3)5/h4-7H,8H2,1-3H3,(H,21,22);7-8H,3-6H2,1-2H3;5H,1-3H3. The number of benzene rings is 1. The van der Waals surface area contributed by atoms with Gasteiger partial charge in [0.1, 0.15) is 5.69 Å². The zero-order chi connectivity index (χ0) is 26.9. The predicted octanol–water partition coefficient (Wildman–Crippen LogP) is 7.46. The fraction of sp³-hybridized carbons (Fsp3) is 0.552. The van der Waals surface area contributed by atoms with E-state index in [-0.39, 0.29) is 12.2 Å². The molecule has 0 amide bonds. The minimum absolute atomic E-state index is 0.141. The van der Waals surface area contributed by atoms with E-state index in [4.69, 9.17) is 21.8 Å². The summed E-state index contributed by atoms with van der Waals surface area (Å²) in [7, 11) is 0. The van der Waals surface area contributed by atoms with Crippen LogP contribution >= 0.6 is 11.6 Å². The summed E-state index contributed by atoms with van der Waals surface area (Å²) in [6.45, 7) is 14.9. The maximum absolute atomic E-state index is 11.8. The minimum Gasteiger partial charge on any atom is -0.481 e. The maximum Gasteiger partial charge on any atom is 0.307 e. The smallest absolute Gasteiger partial charge is 0.307 e. The number of hydrogen-bond acceptors (Lipinski definition) is 4. The quantitative estimate of drug-likeness (QED) is 0.423. The summed E-state index contributed by atoms with van der Waals surface area (Å²) < 4.78 is 0. The molecule has 1 aliphatic carbocycles. The van der Waals surface area contributed by atoms with Gasteiger partial charge in [-0.2, -0.15) is 0 Å². The Hall–Kier alpha value is -2.24. The lowest BCUT2D eigenvalue weighted by atomic mass is 9.84. The summed E-state index contributed by atoms with van der Waals surface area (Å²) in [6.07, 6.45) is 5.75. The van der Waals surface area contributed by atoms with Gasteiger partial charge in [-0.15, -0.1) is 0 Å². The number of ketones is 1. The van der Waals surface area contributed by atoms with Gasteiger partial charge in [-0.1, -0.05) is 63.3 Å². The normalized spacial score (nSPS) is 17.4. The number of carbonyl (C=O) groups excluding carboxylic acids is 1. The van der Waals surface area contributed by atoms with Crippen LogP contribution in [0.25, 0.3) is 11.1 Å². The molecule has 35 heavy (non-hydrogen) atoms. The van der Waals surface area contributed by atoms with Crippen LogP contribution in [0.15, 0.2) is 24.3 Å². The number of carboxylic acid groups (broad SMARTS) is 1. The average Bonchev–Trinajstić information content (AvgIpc) is 2.72. The molecular formula is C29H42ClNO4. The number of rotatable bonds is 4. The summed E-state index contributed by atoms with van der Waals surface area (Å²) in [5.41, 5.74) is 3.32. The Bertz CT molecular complexity index is 969. The second-order valence-electron chi connectivity index (χ2n) is 10.7. The van der Waals surface area contributed by atoms with Gasteiger partial charge in [0, 0.05) is 17.6 Å². The molecule has 2 N–H and O–H groups in total. The first-order chi connectivity index (χ1) is 16.1. The summed E-state index contributed by atoms with van der Waals surface area (Å²) in [6, 6.07) is 7.12. The molecular weight excluding hydrogens is 462 g/mol. The average molecular weight is 504 g/mol. The highest BCUT2D eigenvalue weighted by atomic mass is 35.5. The molecule has 0 unspecified atom stereocenters. The Kier molecular flexibility index (Phi) is 12.1. The Morgan fingerprint density at radius 1 is 1.00 bits per heavy atom. The third kappa shape index (κ3) is 11.4. The molecule has 6 heteroatoms. The van der Waals surface area contributed by atoms with Crippen molar-refractivity contribution in [3.05, 3.63) is 51.8 Å². The molecule has 1 aromatic carbocycles. The van der Waals surface area contributed by atoms with Crippen LogP contribution in [0.3, 0.4) is 0 Å². The number of nitrogens with zero attached hydrogens (tertiary/aromatic N) is 1. The molecule has 194 valence electrons. The van der Waals surface area contributed by atoms with E-state index in [1.807, 2.05) is 12.1 Å². The molecule has 1 heterocycles. The third-order valence-corrected chi connectivity index (χ3v) is 6.10. The van der Waals surface area contributed by atoms with Crippen LogP contribution in [0.4, 0.5) is 0 Å². The second kappa shape index (κ2) is 13.7. The second-order valence-corrected chi connectivity index (χ2v) is 11.1. The van der Waals surface area contributed by atoms with E-state index >= 15 is 0 Å². The lowest BCUT2D eigenvalue weighted by Gasteiger charge is -2.22. The number of Topliss-reactive ketones (excluding diaryl/α,β-unsaturated/α-hetero) is 1. The molecule has 0 radical (unpaired) electrons. The van der Waals surface area contributed by atoms with Crippen molar-refractivity contribution in [3.8, 4) is 11.1 Å². The molecule has 0 bridgehead atoms. The van der Waals surface area contributed by atoms with Crippen molar-refractivity contribution in [1.82, 2.24) is 4.98 Å². The minimum atomic E-state index is -0.935. The SMILES string of the molecule is CC(=O)c1nc(C)c(CC(=O)O)c(-c2ccc(Cl)cc2)c1C.CC(C)(C)O.CC1CCC(C)CC1. The molecule has 1 fully saturated rings. The van der Waals surface area contributed by atoms with Crippen molar-refractivity contribution in [2.45, 2.75) is 93.1 Å². The van der Waals surface area contributed by atoms with E-state index in [0.717, 1.165) is 23.0 Å². The monoisotopic (exact) mass is 503 g/mol. The van der Waals surface area contributed by atoms with Crippen LogP contribution in [0.2, 0.25) is 5.02 Å². The Balaban J connectivity index is 0.000000385. The van der Waals surface area contributed by atoms with Crippen molar-refractivity contribution in [2.75, 3.05) is 0 Å². The van der Waals surface area contributed by atoms with E-state index < -0.39 is 11.6 Å². The molecule has 0 aliphatic heterocycles. The van der Waals surface area contributed by atoms with Crippen molar-refractivity contribution in [1.29, 1.82) is 0 Å². The summed E-state index contributed by atoms with van der Waals surface area (Å²) in [4.78, 5) is 27.3. The molecule has 3 rings (SSSR count). The fourth-order valence-corrected chi connectivity index (χ4v) is 4.12.